The highest BCUT2D eigenvalue weighted by atomic mass is 35.5. The maximum absolute atomic E-state index is 12.2. The number of carbonyl (C=O) groups is 1. The fourth-order valence-electron chi connectivity index (χ4n) is 2.40. The third-order valence-corrected chi connectivity index (χ3v) is 5.01. The number of hydrogen-bond donors (Lipinski definition) is 4. The molecule has 26 heavy (non-hydrogen) atoms. The molecule has 0 radical (unpaired) electrons. The molecule has 0 spiro atoms. The average molecular weight is 391 g/mol. The Labute approximate surface area is 160 Å². The summed E-state index contributed by atoms with van der Waals surface area (Å²) in [6.07, 6.45) is 1.79. The molecule has 2 aromatic rings. The number of amidine groups is 1. The second kappa shape index (κ2) is 7.77. The third kappa shape index (κ3) is 3.98. The van der Waals surface area contributed by atoms with E-state index >= 15 is 0 Å². The first-order chi connectivity index (χ1) is 12.5. The second-order valence-electron chi connectivity index (χ2n) is 5.80. The van der Waals surface area contributed by atoms with Gasteiger partial charge in [0.25, 0.3) is 5.91 Å². The van der Waals surface area contributed by atoms with Crippen molar-refractivity contribution in [2.24, 2.45) is 0 Å². The minimum absolute atomic E-state index is 0.163. The van der Waals surface area contributed by atoms with Gasteiger partial charge in [-0.3, -0.25) is 15.2 Å². The number of thiophene rings is 1. The predicted octanol–water partition coefficient (Wildman–Crippen LogP) is 2.39. The van der Waals surface area contributed by atoms with Crippen LogP contribution in [-0.4, -0.2) is 37.3 Å². The summed E-state index contributed by atoms with van der Waals surface area (Å²) in [5.74, 6) is 0.283. The number of hydrazine groups is 2. The van der Waals surface area contributed by atoms with Gasteiger partial charge in [0.2, 0.25) is 0 Å². The van der Waals surface area contributed by atoms with Crippen LogP contribution in [0.3, 0.4) is 0 Å². The molecule has 7 nitrogen and oxygen atoms in total. The zero-order valence-electron chi connectivity index (χ0n) is 14.3. The average Bonchev–Trinajstić information content (AvgIpc) is 3.28. The molecule has 3 rings (SSSR count). The van der Waals surface area contributed by atoms with Crippen LogP contribution in [0.2, 0.25) is 4.34 Å². The lowest BCUT2D eigenvalue weighted by atomic mass is 10.1. The number of benzene rings is 1. The van der Waals surface area contributed by atoms with E-state index in [1.54, 1.807) is 23.2 Å². The summed E-state index contributed by atoms with van der Waals surface area (Å²) in [5, 5.41) is 12.7. The van der Waals surface area contributed by atoms with Gasteiger partial charge in [-0.1, -0.05) is 11.6 Å². The Hall–Kier alpha value is -2.55. The number of nitrogens with one attached hydrogen (secondary N) is 4. The van der Waals surface area contributed by atoms with Crippen molar-refractivity contribution in [3.63, 3.8) is 0 Å². The van der Waals surface area contributed by atoms with Crippen LogP contribution in [0.1, 0.15) is 15.2 Å². The summed E-state index contributed by atoms with van der Waals surface area (Å²) < 4.78 is 0.587. The lowest BCUT2D eigenvalue weighted by Crippen LogP contribution is -2.40. The van der Waals surface area contributed by atoms with Gasteiger partial charge < -0.3 is 15.6 Å². The maximum Gasteiger partial charge on any atom is 0.261 e. The molecule has 1 aromatic carbocycles. The van der Waals surface area contributed by atoms with Crippen LogP contribution in [0, 0.1) is 5.41 Å². The number of anilines is 1. The molecular weight excluding hydrogens is 372 g/mol. The van der Waals surface area contributed by atoms with Gasteiger partial charge in [-0.15, -0.1) is 16.9 Å². The monoisotopic (exact) mass is 390 g/mol. The highest BCUT2D eigenvalue weighted by molar-refractivity contribution is 7.17. The number of carbonyl (C=O) groups excluding carboxylic acids is 1. The van der Waals surface area contributed by atoms with E-state index in [-0.39, 0.29) is 5.91 Å². The SMILES string of the molecule is CN(C)C(=N)c1ccc(N2NNC=C2CNC(=O)c2ccc(Cl)s2)cc1. The number of rotatable bonds is 5. The summed E-state index contributed by atoms with van der Waals surface area (Å²) in [4.78, 5) is 14.5. The molecule has 4 N–H and O–H groups in total. The van der Waals surface area contributed by atoms with Crippen molar-refractivity contribution in [3.05, 3.63) is 63.1 Å². The van der Waals surface area contributed by atoms with Gasteiger partial charge in [-0.25, -0.2) is 0 Å². The van der Waals surface area contributed by atoms with Crippen LogP contribution in [-0.2, 0) is 0 Å². The highest BCUT2D eigenvalue weighted by Gasteiger charge is 2.18. The number of halogens is 1. The minimum atomic E-state index is -0.163. The normalized spacial score (nSPS) is 13.2. The molecule has 1 aliphatic rings. The molecule has 1 aromatic heterocycles. The first kappa shape index (κ1) is 18.2. The van der Waals surface area contributed by atoms with E-state index in [9.17, 15) is 4.79 Å². The topological polar surface area (TPSA) is 83.5 Å². The van der Waals surface area contributed by atoms with Gasteiger partial charge in [0.05, 0.1) is 27.1 Å². The molecular formula is C17H19ClN6OS. The van der Waals surface area contributed by atoms with Crippen LogP contribution in [0.15, 0.2) is 48.3 Å². The fourth-order valence-corrected chi connectivity index (χ4v) is 3.36. The van der Waals surface area contributed by atoms with E-state index in [2.05, 4.69) is 16.3 Å². The van der Waals surface area contributed by atoms with Crippen LogP contribution >= 0.6 is 22.9 Å². The minimum Gasteiger partial charge on any atom is -0.363 e. The molecule has 9 heteroatoms. The van der Waals surface area contributed by atoms with Gasteiger partial charge in [-0.2, -0.15) is 0 Å². The first-order valence-corrected chi connectivity index (χ1v) is 9.05. The molecule has 136 valence electrons. The molecule has 1 amide bonds. The first-order valence-electron chi connectivity index (χ1n) is 7.86. The van der Waals surface area contributed by atoms with Crippen molar-refractivity contribution in [1.82, 2.24) is 21.2 Å². The lowest BCUT2D eigenvalue weighted by molar-refractivity contribution is 0.0961. The molecule has 1 aliphatic heterocycles. The van der Waals surface area contributed by atoms with E-state index in [1.807, 2.05) is 43.4 Å². The van der Waals surface area contributed by atoms with E-state index in [4.69, 9.17) is 17.0 Å². The molecule has 0 unspecified atom stereocenters. The molecule has 0 fully saturated rings. The lowest BCUT2D eigenvalue weighted by Gasteiger charge is -2.22. The van der Waals surface area contributed by atoms with E-state index in [1.165, 1.54) is 11.3 Å². The Morgan fingerprint density at radius 1 is 1.27 bits per heavy atom. The van der Waals surface area contributed by atoms with Gasteiger partial charge in [0.15, 0.2) is 0 Å². The summed E-state index contributed by atoms with van der Waals surface area (Å²) in [5.41, 5.74) is 8.54. The Balaban J connectivity index is 1.64. The summed E-state index contributed by atoms with van der Waals surface area (Å²) >= 11 is 7.12. The maximum atomic E-state index is 12.2. The van der Waals surface area contributed by atoms with Crippen LogP contribution in [0.25, 0.3) is 0 Å². The van der Waals surface area contributed by atoms with Gasteiger partial charge in [0, 0.05) is 25.9 Å². The molecule has 0 bridgehead atoms. The fraction of sp³-hybridized carbons (Fsp3) is 0.176. The predicted molar refractivity (Wildman–Crippen MR) is 105 cm³/mol. The number of hydrogen-bond acceptors (Lipinski definition) is 6. The van der Waals surface area contributed by atoms with E-state index in [0.717, 1.165) is 16.9 Å². The van der Waals surface area contributed by atoms with Crippen LogP contribution in [0.5, 0.6) is 0 Å². The van der Waals surface area contributed by atoms with Gasteiger partial charge in [0.1, 0.15) is 5.84 Å². The van der Waals surface area contributed by atoms with E-state index in [0.29, 0.717) is 21.6 Å². The van der Waals surface area contributed by atoms with Crippen molar-refractivity contribution < 1.29 is 4.79 Å². The van der Waals surface area contributed by atoms with Crippen molar-refractivity contribution in [2.45, 2.75) is 0 Å². The molecule has 0 aliphatic carbocycles. The Bertz CT molecular complexity index is 845. The molecule has 0 saturated heterocycles. The van der Waals surface area contributed by atoms with Gasteiger partial charge >= 0.3 is 0 Å². The van der Waals surface area contributed by atoms with Crippen molar-refractivity contribution in [3.8, 4) is 0 Å². The van der Waals surface area contributed by atoms with Crippen LogP contribution in [0.4, 0.5) is 5.69 Å². The standard InChI is InChI=1S/C17H19ClN6OS/c1-23(2)16(19)11-3-5-12(6-4-11)24-13(10-21-22-24)9-20-17(25)14-7-8-15(18)26-14/h3-8,10,19,21-22H,9H2,1-2H3,(H,20,25). The van der Waals surface area contributed by atoms with Crippen molar-refractivity contribution in [1.29, 1.82) is 5.41 Å². The van der Waals surface area contributed by atoms with Crippen LogP contribution < -0.4 is 21.3 Å². The summed E-state index contributed by atoms with van der Waals surface area (Å²) in [7, 11) is 3.68. The quantitative estimate of drug-likeness (QED) is 0.465. The number of nitrogens with zero attached hydrogens (tertiary/aromatic N) is 2. The Morgan fingerprint density at radius 2 is 2.00 bits per heavy atom. The van der Waals surface area contributed by atoms with Crippen molar-refractivity contribution in [2.75, 3.05) is 25.6 Å². The van der Waals surface area contributed by atoms with Gasteiger partial charge in [-0.05, 0) is 36.4 Å². The zero-order chi connectivity index (χ0) is 18.7. The summed E-state index contributed by atoms with van der Waals surface area (Å²) in [6, 6.07) is 11.0. The highest BCUT2D eigenvalue weighted by Crippen LogP contribution is 2.22. The summed E-state index contributed by atoms with van der Waals surface area (Å²) in [6.45, 7) is 0.351. The zero-order valence-corrected chi connectivity index (χ0v) is 15.9. The smallest absolute Gasteiger partial charge is 0.261 e. The largest absolute Gasteiger partial charge is 0.363 e. The third-order valence-electron chi connectivity index (χ3n) is 3.78. The van der Waals surface area contributed by atoms with Crippen molar-refractivity contribution >= 4 is 40.4 Å². The molecule has 2 heterocycles. The number of amides is 1. The van der Waals surface area contributed by atoms with E-state index < -0.39 is 0 Å². The Kier molecular flexibility index (Phi) is 5.46. The molecule has 0 atom stereocenters. The second-order valence-corrected chi connectivity index (χ2v) is 7.52. The Morgan fingerprint density at radius 3 is 2.62 bits per heavy atom. The molecule has 0 saturated carbocycles.